The Balaban J connectivity index is 2.43. The van der Waals surface area contributed by atoms with Gasteiger partial charge in [0.2, 0.25) is 0 Å². The molecule has 0 radical (unpaired) electrons. The predicted molar refractivity (Wildman–Crippen MR) is 73.3 cm³/mol. The van der Waals surface area contributed by atoms with Crippen LogP contribution in [-0.2, 0) is 15.3 Å². The summed E-state index contributed by atoms with van der Waals surface area (Å²) in [6.07, 6.45) is 0. The standard InChI is InChI=1S/C14H20O2S/c1-10-5-11(2)7-13(6-10)9-17-8-12(3)14(15)16-4/h5-7,12H,8-9H2,1-4H3. The molecule has 0 aromatic heterocycles. The molecule has 0 spiro atoms. The Morgan fingerprint density at radius 1 is 1.29 bits per heavy atom. The number of benzene rings is 1. The first-order chi connectivity index (χ1) is 8.02. The van der Waals surface area contributed by atoms with Crippen molar-refractivity contribution in [3.63, 3.8) is 0 Å². The van der Waals surface area contributed by atoms with E-state index in [1.54, 1.807) is 11.8 Å². The van der Waals surface area contributed by atoms with Gasteiger partial charge in [-0.2, -0.15) is 11.8 Å². The maximum absolute atomic E-state index is 11.2. The summed E-state index contributed by atoms with van der Waals surface area (Å²) in [5.74, 6) is 1.59. The third kappa shape index (κ3) is 4.82. The van der Waals surface area contributed by atoms with E-state index in [0.29, 0.717) is 0 Å². The maximum Gasteiger partial charge on any atom is 0.309 e. The summed E-state index contributed by atoms with van der Waals surface area (Å²) >= 11 is 1.77. The van der Waals surface area contributed by atoms with Crippen LogP contribution in [0.2, 0.25) is 0 Å². The van der Waals surface area contributed by atoms with Gasteiger partial charge < -0.3 is 4.74 Å². The normalized spacial score (nSPS) is 12.2. The number of carbonyl (C=O) groups excluding carboxylic acids is 1. The molecule has 1 aromatic carbocycles. The van der Waals surface area contributed by atoms with Crippen molar-refractivity contribution in [3.05, 3.63) is 34.9 Å². The van der Waals surface area contributed by atoms with Crippen molar-refractivity contribution in [3.8, 4) is 0 Å². The smallest absolute Gasteiger partial charge is 0.309 e. The first kappa shape index (κ1) is 14.1. The van der Waals surface area contributed by atoms with Crippen molar-refractivity contribution >= 4 is 17.7 Å². The number of hydrogen-bond acceptors (Lipinski definition) is 3. The highest BCUT2D eigenvalue weighted by Crippen LogP contribution is 2.18. The molecular formula is C14H20O2S. The minimum Gasteiger partial charge on any atom is -0.469 e. The molecule has 0 saturated carbocycles. The van der Waals surface area contributed by atoms with E-state index < -0.39 is 0 Å². The summed E-state index contributed by atoms with van der Waals surface area (Å²) in [5.41, 5.74) is 3.91. The summed E-state index contributed by atoms with van der Waals surface area (Å²) < 4.78 is 4.70. The fraction of sp³-hybridized carbons (Fsp3) is 0.500. The molecule has 1 atom stereocenters. The lowest BCUT2D eigenvalue weighted by molar-refractivity contribution is -0.143. The minimum atomic E-state index is -0.127. The van der Waals surface area contributed by atoms with Gasteiger partial charge in [-0.15, -0.1) is 0 Å². The van der Waals surface area contributed by atoms with Crippen LogP contribution >= 0.6 is 11.8 Å². The first-order valence-electron chi connectivity index (χ1n) is 5.75. The van der Waals surface area contributed by atoms with Gasteiger partial charge in [-0.25, -0.2) is 0 Å². The molecule has 1 rings (SSSR count). The molecule has 3 heteroatoms. The summed E-state index contributed by atoms with van der Waals surface area (Å²) in [5, 5.41) is 0. The maximum atomic E-state index is 11.2. The van der Waals surface area contributed by atoms with Crippen LogP contribution in [0.5, 0.6) is 0 Å². The van der Waals surface area contributed by atoms with E-state index >= 15 is 0 Å². The Labute approximate surface area is 108 Å². The van der Waals surface area contributed by atoms with Crippen LogP contribution in [-0.4, -0.2) is 18.8 Å². The van der Waals surface area contributed by atoms with Gasteiger partial charge in [0, 0.05) is 11.5 Å². The molecule has 0 aliphatic heterocycles. The number of rotatable bonds is 5. The zero-order valence-electron chi connectivity index (χ0n) is 10.9. The zero-order valence-corrected chi connectivity index (χ0v) is 11.8. The van der Waals surface area contributed by atoms with Crippen LogP contribution in [0, 0.1) is 19.8 Å². The second-order valence-corrected chi connectivity index (χ2v) is 5.47. The molecule has 0 fully saturated rings. The van der Waals surface area contributed by atoms with Crippen LogP contribution in [0.3, 0.4) is 0 Å². The molecule has 1 aromatic rings. The lowest BCUT2D eigenvalue weighted by Crippen LogP contribution is -2.14. The van der Waals surface area contributed by atoms with Gasteiger partial charge in [0.05, 0.1) is 13.0 Å². The Kier molecular flexibility index (Phi) is 5.56. The number of esters is 1. The monoisotopic (exact) mass is 252 g/mol. The zero-order chi connectivity index (χ0) is 12.8. The molecule has 1 unspecified atom stereocenters. The van der Waals surface area contributed by atoms with E-state index in [4.69, 9.17) is 4.74 Å². The van der Waals surface area contributed by atoms with Crippen LogP contribution in [0.25, 0.3) is 0 Å². The molecule has 0 aliphatic carbocycles. The van der Waals surface area contributed by atoms with Crippen molar-refractivity contribution in [2.75, 3.05) is 12.9 Å². The van der Waals surface area contributed by atoms with Crippen LogP contribution in [0.4, 0.5) is 0 Å². The van der Waals surface area contributed by atoms with Crippen molar-refractivity contribution in [2.45, 2.75) is 26.5 Å². The Bertz CT molecular complexity index is 368. The third-order valence-electron chi connectivity index (χ3n) is 2.52. The summed E-state index contributed by atoms with van der Waals surface area (Å²) in [6.45, 7) is 6.12. The number of aryl methyl sites for hydroxylation is 2. The second kappa shape index (κ2) is 6.70. The van der Waals surface area contributed by atoms with Crippen molar-refractivity contribution in [2.24, 2.45) is 5.92 Å². The Hall–Kier alpha value is -0.960. The van der Waals surface area contributed by atoms with Gasteiger partial charge in [-0.1, -0.05) is 36.2 Å². The van der Waals surface area contributed by atoms with E-state index in [0.717, 1.165) is 11.5 Å². The molecule has 0 bridgehead atoms. The molecule has 0 aliphatic rings. The lowest BCUT2D eigenvalue weighted by Gasteiger charge is -2.09. The number of hydrogen-bond donors (Lipinski definition) is 0. The summed E-state index contributed by atoms with van der Waals surface area (Å²) in [7, 11) is 1.44. The van der Waals surface area contributed by atoms with Gasteiger partial charge in [0.25, 0.3) is 0 Å². The molecular weight excluding hydrogens is 232 g/mol. The highest BCUT2D eigenvalue weighted by molar-refractivity contribution is 7.98. The molecule has 0 saturated heterocycles. The predicted octanol–water partition coefficient (Wildman–Crippen LogP) is 3.35. The molecule has 2 nitrogen and oxygen atoms in total. The SMILES string of the molecule is COC(=O)C(C)CSCc1cc(C)cc(C)c1. The number of methoxy groups -OCH3 is 1. The van der Waals surface area contributed by atoms with E-state index in [9.17, 15) is 4.79 Å². The van der Waals surface area contributed by atoms with Crippen LogP contribution in [0.15, 0.2) is 18.2 Å². The van der Waals surface area contributed by atoms with E-state index in [2.05, 4.69) is 32.0 Å². The highest BCUT2D eigenvalue weighted by atomic mass is 32.2. The number of carbonyl (C=O) groups is 1. The molecule has 94 valence electrons. The highest BCUT2D eigenvalue weighted by Gasteiger charge is 2.12. The van der Waals surface area contributed by atoms with Crippen molar-refractivity contribution < 1.29 is 9.53 Å². The first-order valence-corrected chi connectivity index (χ1v) is 6.91. The summed E-state index contributed by atoms with van der Waals surface area (Å²) in [4.78, 5) is 11.2. The van der Waals surface area contributed by atoms with Crippen molar-refractivity contribution in [1.29, 1.82) is 0 Å². The van der Waals surface area contributed by atoms with Gasteiger partial charge >= 0.3 is 5.97 Å². The molecule has 0 amide bonds. The molecule has 0 N–H and O–H groups in total. The van der Waals surface area contributed by atoms with E-state index in [-0.39, 0.29) is 11.9 Å². The summed E-state index contributed by atoms with van der Waals surface area (Å²) in [6, 6.07) is 6.57. The Morgan fingerprint density at radius 2 is 1.88 bits per heavy atom. The fourth-order valence-corrected chi connectivity index (χ4v) is 2.78. The Morgan fingerprint density at radius 3 is 2.41 bits per heavy atom. The van der Waals surface area contributed by atoms with Crippen molar-refractivity contribution in [1.82, 2.24) is 0 Å². The van der Waals surface area contributed by atoms with Crippen LogP contribution < -0.4 is 0 Å². The molecule has 0 heterocycles. The second-order valence-electron chi connectivity index (χ2n) is 4.44. The van der Waals surface area contributed by atoms with Gasteiger partial charge in [0.15, 0.2) is 0 Å². The largest absolute Gasteiger partial charge is 0.469 e. The fourth-order valence-electron chi connectivity index (χ4n) is 1.78. The van der Waals surface area contributed by atoms with Gasteiger partial charge in [-0.05, 0) is 19.4 Å². The molecule has 17 heavy (non-hydrogen) atoms. The average molecular weight is 252 g/mol. The van der Waals surface area contributed by atoms with Gasteiger partial charge in [0.1, 0.15) is 0 Å². The third-order valence-corrected chi connectivity index (χ3v) is 3.79. The average Bonchev–Trinajstić information content (AvgIpc) is 2.26. The minimum absolute atomic E-state index is 0.0316. The number of thioether (sulfide) groups is 1. The van der Waals surface area contributed by atoms with E-state index in [1.165, 1.54) is 23.8 Å². The van der Waals surface area contributed by atoms with Crippen LogP contribution in [0.1, 0.15) is 23.6 Å². The lowest BCUT2D eigenvalue weighted by atomic mass is 10.1. The number of ether oxygens (including phenoxy) is 1. The van der Waals surface area contributed by atoms with E-state index in [1.807, 2.05) is 6.92 Å². The quantitative estimate of drug-likeness (QED) is 0.752. The topological polar surface area (TPSA) is 26.3 Å². The van der Waals surface area contributed by atoms with Gasteiger partial charge in [-0.3, -0.25) is 4.79 Å².